The summed E-state index contributed by atoms with van der Waals surface area (Å²) in [6.45, 7) is 1.98. The largest absolute Gasteiger partial charge is 0.490 e. The number of benzene rings is 3. The maximum absolute atomic E-state index is 12.4. The molecule has 0 atom stereocenters. The van der Waals surface area contributed by atoms with E-state index in [4.69, 9.17) is 25.8 Å². The van der Waals surface area contributed by atoms with Crippen LogP contribution in [0.3, 0.4) is 0 Å². The van der Waals surface area contributed by atoms with E-state index >= 15 is 0 Å². The normalized spacial score (nSPS) is 10.6. The molecule has 0 heterocycles. The van der Waals surface area contributed by atoms with E-state index in [1.807, 2.05) is 6.92 Å². The lowest BCUT2D eigenvalue weighted by Gasteiger charge is -2.11. The fraction of sp³-hybridized carbons (Fsp3) is 0.125. The molecule has 33 heavy (non-hydrogen) atoms. The highest BCUT2D eigenvalue weighted by Gasteiger charge is 2.13. The summed E-state index contributed by atoms with van der Waals surface area (Å²) in [5.74, 6) is 0.202. The minimum atomic E-state index is -0.503. The van der Waals surface area contributed by atoms with E-state index in [9.17, 15) is 9.59 Å². The molecule has 3 rings (SSSR count). The van der Waals surface area contributed by atoms with E-state index in [1.165, 1.54) is 6.21 Å². The first-order valence-electron chi connectivity index (χ1n) is 9.89. The van der Waals surface area contributed by atoms with Crippen LogP contribution in [-0.2, 0) is 4.79 Å². The molecule has 0 bridgehead atoms. The minimum absolute atomic E-state index is 0.215. The molecule has 0 saturated heterocycles. The number of ether oxygens (including phenoxy) is 3. The molecule has 0 aliphatic heterocycles. The number of esters is 1. The van der Waals surface area contributed by atoms with Crippen LogP contribution in [0.2, 0.25) is 5.02 Å². The Kier molecular flexibility index (Phi) is 8.86. The van der Waals surface area contributed by atoms with Crippen molar-refractivity contribution in [3.63, 3.8) is 0 Å². The van der Waals surface area contributed by atoms with E-state index in [1.54, 1.807) is 66.7 Å². The van der Waals surface area contributed by atoms with Gasteiger partial charge in [-0.2, -0.15) is 5.10 Å². The van der Waals surface area contributed by atoms with Gasteiger partial charge in [-0.1, -0.05) is 33.6 Å². The summed E-state index contributed by atoms with van der Waals surface area (Å²) in [6.07, 6.45) is 1.44. The summed E-state index contributed by atoms with van der Waals surface area (Å²) in [5, 5.41) is 4.44. The Morgan fingerprint density at radius 3 is 2.55 bits per heavy atom. The fourth-order valence-electron chi connectivity index (χ4n) is 2.62. The Bertz CT molecular complexity index is 1150. The number of nitrogens with zero attached hydrogens (tertiary/aromatic N) is 1. The number of hydrogen-bond donors (Lipinski definition) is 1. The lowest BCUT2D eigenvalue weighted by Crippen LogP contribution is -2.24. The Morgan fingerprint density at radius 1 is 1.03 bits per heavy atom. The zero-order chi connectivity index (χ0) is 23.6. The van der Waals surface area contributed by atoms with Crippen LogP contribution in [0.4, 0.5) is 0 Å². The molecule has 0 aliphatic rings. The van der Waals surface area contributed by atoms with Crippen LogP contribution in [0, 0.1) is 0 Å². The Balaban J connectivity index is 1.59. The first kappa shape index (κ1) is 24.3. The molecule has 0 saturated carbocycles. The second-order valence-corrected chi connectivity index (χ2v) is 7.93. The maximum Gasteiger partial charge on any atom is 0.343 e. The molecule has 0 unspecified atom stereocenters. The van der Waals surface area contributed by atoms with Crippen molar-refractivity contribution in [2.45, 2.75) is 6.92 Å². The van der Waals surface area contributed by atoms with Crippen LogP contribution in [0.25, 0.3) is 0 Å². The molecule has 0 radical (unpaired) electrons. The van der Waals surface area contributed by atoms with Crippen molar-refractivity contribution in [2.24, 2.45) is 5.10 Å². The average molecular weight is 532 g/mol. The first-order chi connectivity index (χ1) is 15.9. The molecule has 3 aromatic carbocycles. The lowest BCUT2D eigenvalue weighted by molar-refractivity contribution is -0.123. The van der Waals surface area contributed by atoms with Gasteiger partial charge in [0.15, 0.2) is 18.1 Å². The average Bonchev–Trinajstić information content (AvgIpc) is 2.80. The number of hydrazone groups is 1. The number of carbonyl (C=O) groups excluding carboxylic acids is 2. The summed E-state index contributed by atoms with van der Waals surface area (Å²) < 4.78 is 17.3. The fourth-order valence-corrected chi connectivity index (χ4v) is 3.06. The highest BCUT2D eigenvalue weighted by Crippen LogP contribution is 2.29. The van der Waals surface area contributed by atoms with Crippen molar-refractivity contribution >= 4 is 45.6 Å². The molecule has 3 aromatic rings. The van der Waals surface area contributed by atoms with Gasteiger partial charge in [-0.15, -0.1) is 0 Å². The summed E-state index contributed by atoms with van der Waals surface area (Å²) in [6, 6.07) is 18.5. The summed E-state index contributed by atoms with van der Waals surface area (Å²) >= 11 is 9.21. The summed E-state index contributed by atoms with van der Waals surface area (Å²) in [5.41, 5.74) is 3.43. The number of amides is 1. The van der Waals surface area contributed by atoms with Gasteiger partial charge in [-0.05, 0) is 73.2 Å². The van der Waals surface area contributed by atoms with Gasteiger partial charge in [0, 0.05) is 9.50 Å². The molecular weight excluding hydrogens is 512 g/mol. The van der Waals surface area contributed by atoms with E-state index < -0.39 is 11.9 Å². The van der Waals surface area contributed by atoms with Gasteiger partial charge >= 0.3 is 5.97 Å². The number of carbonyl (C=O) groups is 2. The molecular formula is C24H20BrClN2O5. The highest BCUT2D eigenvalue weighted by atomic mass is 79.9. The molecule has 7 nitrogen and oxygen atoms in total. The van der Waals surface area contributed by atoms with Crippen LogP contribution < -0.4 is 19.6 Å². The van der Waals surface area contributed by atoms with Gasteiger partial charge in [0.2, 0.25) is 0 Å². The van der Waals surface area contributed by atoms with Gasteiger partial charge in [-0.25, -0.2) is 10.2 Å². The van der Waals surface area contributed by atoms with Crippen LogP contribution in [-0.4, -0.2) is 31.3 Å². The van der Waals surface area contributed by atoms with Crippen molar-refractivity contribution in [3.8, 4) is 17.2 Å². The van der Waals surface area contributed by atoms with Gasteiger partial charge in [0.1, 0.15) is 5.75 Å². The van der Waals surface area contributed by atoms with Crippen LogP contribution >= 0.6 is 27.5 Å². The topological polar surface area (TPSA) is 86.2 Å². The molecule has 0 aromatic heterocycles. The van der Waals surface area contributed by atoms with Crippen LogP contribution in [0.1, 0.15) is 22.8 Å². The minimum Gasteiger partial charge on any atom is -0.490 e. The lowest BCUT2D eigenvalue weighted by atomic mass is 10.2. The molecule has 1 N–H and O–H groups in total. The van der Waals surface area contributed by atoms with Crippen molar-refractivity contribution < 1.29 is 23.8 Å². The monoisotopic (exact) mass is 530 g/mol. The molecule has 0 aliphatic carbocycles. The maximum atomic E-state index is 12.4. The van der Waals surface area contributed by atoms with Gasteiger partial charge in [0.25, 0.3) is 5.91 Å². The molecule has 170 valence electrons. The van der Waals surface area contributed by atoms with Crippen LogP contribution in [0.5, 0.6) is 17.2 Å². The molecule has 0 fully saturated rings. The SMILES string of the molecule is CCOc1cc(C=NNC(=O)COc2cccc(Cl)c2)ccc1OC(=O)c1ccc(Br)cc1. The quantitative estimate of drug-likeness (QED) is 0.176. The second kappa shape index (κ2) is 12.0. The molecule has 1 amide bonds. The van der Waals surface area contributed by atoms with Crippen molar-refractivity contribution in [3.05, 3.63) is 87.4 Å². The molecule has 9 heteroatoms. The Labute approximate surface area is 204 Å². The standard InChI is InChI=1S/C24H20BrClN2O5/c1-2-31-22-12-16(6-11-21(22)33-24(30)17-7-9-18(25)10-8-17)14-27-28-23(29)15-32-20-5-3-4-19(26)13-20/h3-14H,2,15H2,1H3,(H,28,29). The van der Waals surface area contributed by atoms with Gasteiger partial charge < -0.3 is 14.2 Å². The third-order valence-corrected chi connectivity index (χ3v) is 4.88. The number of hydrogen-bond acceptors (Lipinski definition) is 6. The van der Waals surface area contributed by atoms with E-state index in [0.29, 0.717) is 34.3 Å². The smallest absolute Gasteiger partial charge is 0.343 e. The second-order valence-electron chi connectivity index (χ2n) is 6.57. The van der Waals surface area contributed by atoms with Crippen molar-refractivity contribution in [1.29, 1.82) is 0 Å². The van der Waals surface area contributed by atoms with E-state index in [0.717, 1.165) is 4.47 Å². The van der Waals surface area contributed by atoms with Crippen LogP contribution in [0.15, 0.2) is 76.3 Å². The third kappa shape index (κ3) is 7.62. The first-order valence-corrected chi connectivity index (χ1v) is 11.1. The van der Waals surface area contributed by atoms with Gasteiger partial charge in [-0.3, -0.25) is 4.79 Å². The van der Waals surface area contributed by atoms with Crippen molar-refractivity contribution in [1.82, 2.24) is 5.43 Å². The van der Waals surface area contributed by atoms with E-state index in [-0.39, 0.29) is 12.4 Å². The number of rotatable bonds is 9. The predicted molar refractivity (Wildman–Crippen MR) is 129 cm³/mol. The number of halogens is 2. The molecule has 0 spiro atoms. The summed E-state index contributed by atoms with van der Waals surface area (Å²) in [7, 11) is 0. The zero-order valence-corrected chi connectivity index (χ0v) is 19.9. The third-order valence-electron chi connectivity index (χ3n) is 4.12. The predicted octanol–water partition coefficient (Wildman–Crippen LogP) is 5.25. The zero-order valence-electron chi connectivity index (χ0n) is 17.6. The number of nitrogens with one attached hydrogen (secondary N) is 1. The summed E-state index contributed by atoms with van der Waals surface area (Å²) in [4.78, 5) is 24.3. The van der Waals surface area contributed by atoms with Crippen molar-refractivity contribution in [2.75, 3.05) is 13.2 Å². The highest BCUT2D eigenvalue weighted by molar-refractivity contribution is 9.10. The van der Waals surface area contributed by atoms with E-state index in [2.05, 4.69) is 26.5 Å². The Hall–Kier alpha value is -3.36. The Morgan fingerprint density at radius 2 is 1.82 bits per heavy atom. The van der Waals surface area contributed by atoms with Gasteiger partial charge in [0.05, 0.1) is 18.4 Å².